The van der Waals surface area contributed by atoms with Crippen molar-refractivity contribution in [3.63, 3.8) is 0 Å². The quantitative estimate of drug-likeness (QED) is 0.505. The second-order valence-corrected chi connectivity index (χ2v) is 11.9. The molecule has 8 nitrogen and oxygen atoms in total. The summed E-state index contributed by atoms with van der Waals surface area (Å²) in [7, 11) is 1.62. The molecule has 5 rings (SSSR count). The minimum atomic E-state index is -0.517. The molecule has 0 bridgehead atoms. The molecule has 3 aliphatic rings. The zero-order valence-electron chi connectivity index (χ0n) is 23.9. The van der Waals surface area contributed by atoms with Gasteiger partial charge in [0.15, 0.2) is 0 Å². The highest BCUT2D eigenvalue weighted by atomic mass is 16.6. The van der Waals surface area contributed by atoms with E-state index in [2.05, 4.69) is 41.5 Å². The number of nitrogens with zero attached hydrogens (tertiary/aromatic N) is 3. The van der Waals surface area contributed by atoms with E-state index in [-0.39, 0.29) is 30.0 Å². The average Bonchev–Trinajstić information content (AvgIpc) is 3.74. The predicted octanol–water partition coefficient (Wildman–Crippen LogP) is 6.05. The van der Waals surface area contributed by atoms with Gasteiger partial charge in [-0.15, -0.1) is 0 Å². The number of aromatic nitrogens is 1. The molecule has 8 heteroatoms. The zero-order chi connectivity index (χ0) is 27.9. The molecule has 1 aromatic heterocycles. The molecule has 1 N–H and O–H groups in total. The van der Waals surface area contributed by atoms with Crippen LogP contribution in [0, 0.1) is 11.8 Å². The van der Waals surface area contributed by atoms with Gasteiger partial charge >= 0.3 is 6.09 Å². The minimum absolute atomic E-state index is 0.0248. The molecule has 0 radical (unpaired) electrons. The van der Waals surface area contributed by atoms with Crippen molar-refractivity contribution in [1.29, 1.82) is 0 Å². The number of carbonyl (C=O) groups excluding carboxylic acids is 2. The third-order valence-electron chi connectivity index (χ3n) is 7.90. The lowest BCUT2D eigenvalue weighted by atomic mass is 9.79. The second kappa shape index (κ2) is 10.5. The number of hydrogen-bond acceptors (Lipinski definition) is 6. The van der Waals surface area contributed by atoms with E-state index < -0.39 is 5.60 Å². The molecule has 39 heavy (non-hydrogen) atoms. The molecular formula is C31H40N4O4. The number of rotatable bonds is 5. The lowest BCUT2D eigenvalue weighted by Crippen LogP contribution is -2.51. The van der Waals surface area contributed by atoms with E-state index in [1.54, 1.807) is 18.9 Å². The van der Waals surface area contributed by atoms with Gasteiger partial charge in [-0.1, -0.05) is 25.1 Å². The van der Waals surface area contributed by atoms with Gasteiger partial charge in [0.1, 0.15) is 11.4 Å². The molecule has 2 aliphatic heterocycles. The number of carbonyl (C=O) groups is 2. The van der Waals surface area contributed by atoms with Gasteiger partial charge in [-0.3, -0.25) is 4.79 Å². The van der Waals surface area contributed by atoms with Crippen molar-refractivity contribution < 1.29 is 19.1 Å². The van der Waals surface area contributed by atoms with Crippen LogP contribution in [-0.2, 0) is 9.53 Å². The topological polar surface area (TPSA) is 84.0 Å². The van der Waals surface area contributed by atoms with Crippen molar-refractivity contribution in [2.45, 2.75) is 71.6 Å². The fourth-order valence-corrected chi connectivity index (χ4v) is 5.96. The van der Waals surface area contributed by atoms with E-state index in [4.69, 9.17) is 9.47 Å². The fourth-order valence-electron chi connectivity index (χ4n) is 5.96. The molecule has 0 spiro atoms. The van der Waals surface area contributed by atoms with E-state index in [1.165, 1.54) is 5.57 Å². The first-order valence-corrected chi connectivity index (χ1v) is 13.9. The number of methoxy groups -OCH3 is 1. The maximum absolute atomic E-state index is 13.0. The standard InChI is InChI=1S/C31H40N4O4/c1-19-28(33-26-8-7-9-27(32-26)38-6)24-18-23(12-13-25(24)35(20(2)36)29(19)22-10-11-22)21-14-16-34(17-15-21)30(37)39-31(3,4)5/h7-9,12-14,18-19,22,28-29H,10-11,15-17H2,1-6H3,(H,32,33)/t19-,28?,29-/m1/s1. The third-order valence-corrected chi connectivity index (χ3v) is 7.90. The van der Waals surface area contributed by atoms with Crippen LogP contribution < -0.4 is 15.0 Å². The Labute approximate surface area is 231 Å². The summed E-state index contributed by atoms with van der Waals surface area (Å²) in [4.78, 5) is 33.9. The number of amides is 2. The predicted molar refractivity (Wildman–Crippen MR) is 153 cm³/mol. The number of anilines is 2. The van der Waals surface area contributed by atoms with Crippen molar-refractivity contribution >= 4 is 29.1 Å². The van der Waals surface area contributed by atoms with Crippen LogP contribution in [0.15, 0.2) is 42.5 Å². The average molecular weight is 533 g/mol. The number of ether oxygens (including phenoxy) is 2. The highest BCUT2D eigenvalue weighted by Gasteiger charge is 2.47. The summed E-state index contributed by atoms with van der Waals surface area (Å²) in [6.07, 6.45) is 4.87. The molecule has 1 unspecified atom stereocenters. The minimum Gasteiger partial charge on any atom is -0.481 e. The molecule has 1 fully saturated rings. The molecule has 2 amide bonds. The number of hydrogen-bond donors (Lipinski definition) is 1. The first kappa shape index (κ1) is 27.0. The summed E-state index contributed by atoms with van der Waals surface area (Å²) < 4.78 is 10.9. The van der Waals surface area contributed by atoms with E-state index in [1.807, 2.05) is 43.9 Å². The lowest BCUT2D eigenvalue weighted by molar-refractivity contribution is -0.117. The van der Waals surface area contributed by atoms with Gasteiger partial charge in [0.2, 0.25) is 11.8 Å². The Bertz CT molecular complexity index is 1280. The Morgan fingerprint density at radius 1 is 1.13 bits per heavy atom. The monoisotopic (exact) mass is 532 g/mol. The maximum Gasteiger partial charge on any atom is 0.410 e. The van der Waals surface area contributed by atoms with Gasteiger partial charge in [-0.2, -0.15) is 4.98 Å². The van der Waals surface area contributed by atoms with Gasteiger partial charge in [-0.05, 0) is 80.9 Å². The molecule has 0 saturated heterocycles. The van der Waals surface area contributed by atoms with Crippen LogP contribution >= 0.6 is 0 Å². The van der Waals surface area contributed by atoms with Gasteiger partial charge in [0, 0.05) is 43.7 Å². The smallest absolute Gasteiger partial charge is 0.410 e. The van der Waals surface area contributed by atoms with Crippen molar-refractivity contribution in [2.24, 2.45) is 11.8 Å². The molecule has 208 valence electrons. The Morgan fingerprint density at radius 2 is 1.90 bits per heavy atom. The van der Waals surface area contributed by atoms with Gasteiger partial charge in [-0.25, -0.2) is 4.79 Å². The summed E-state index contributed by atoms with van der Waals surface area (Å²) in [5, 5.41) is 3.69. The van der Waals surface area contributed by atoms with E-state index in [0.29, 0.717) is 24.9 Å². The first-order valence-electron chi connectivity index (χ1n) is 13.9. The van der Waals surface area contributed by atoms with Crippen LogP contribution in [0.5, 0.6) is 5.88 Å². The van der Waals surface area contributed by atoms with E-state index in [0.717, 1.165) is 41.9 Å². The summed E-state index contributed by atoms with van der Waals surface area (Å²) in [6.45, 7) is 10.7. The Kier molecular flexibility index (Phi) is 7.31. The van der Waals surface area contributed by atoms with E-state index >= 15 is 0 Å². The SMILES string of the molecule is COc1cccc(NC2c3cc(C4=CCN(C(=O)OC(C)(C)C)CC4)ccc3N(C(C)=O)[C@@H](C3CC3)[C@@H]2C)n1. The van der Waals surface area contributed by atoms with Crippen molar-refractivity contribution in [2.75, 3.05) is 30.4 Å². The molecular weight excluding hydrogens is 492 g/mol. The molecule has 3 atom stereocenters. The van der Waals surface area contributed by atoms with Crippen molar-refractivity contribution in [3.05, 3.63) is 53.6 Å². The Balaban J connectivity index is 1.48. The van der Waals surface area contributed by atoms with Crippen LogP contribution in [0.25, 0.3) is 5.57 Å². The number of fused-ring (bicyclic) bond motifs is 1. The van der Waals surface area contributed by atoms with Crippen LogP contribution in [0.3, 0.4) is 0 Å². The fraction of sp³-hybridized carbons (Fsp3) is 0.516. The summed E-state index contributed by atoms with van der Waals surface area (Å²) in [5.41, 5.74) is 3.85. The van der Waals surface area contributed by atoms with Crippen molar-refractivity contribution in [3.8, 4) is 5.88 Å². The van der Waals surface area contributed by atoms with Gasteiger partial charge in [0.05, 0.1) is 13.2 Å². The molecule has 2 aromatic rings. The van der Waals surface area contributed by atoms with Crippen LogP contribution in [0.2, 0.25) is 0 Å². The highest BCUT2D eigenvalue weighted by Crippen LogP contribution is 2.50. The number of nitrogens with one attached hydrogen (secondary N) is 1. The normalized spacial score (nSPS) is 23.0. The van der Waals surface area contributed by atoms with Crippen LogP contribution in [-0.4, -0.2) is 53.7 Å². The second-order valence-electron chi connectivity index (χ2n) is 11.9. The Hall–Kier alpha value is -3.55. The summed E-state index contributed by atoms with van der Waals surface area (Å²) in [6, 6.07) is 12.3. The third kappa shape index (κ3) is 5.75. The number of benzene rings is 1. The molecule has 1 aromatic carbocycles. The molecule has 1 saturated carbocycles. The Morgan fingerprint density at radius 3 is 2.51 bits per heavy atom. The highest BCUT2D eigenvalue weighted by molar-refractivity contribution is 5.94. The number of pyridine rings is 1. The molecule has 1 aliphatic carbocycles. The first-order chi connectivity index (χ1) is 18.6. The molecule has 3 heterocycles. The zero-order valence-corrected chi connectivity index (χ0v) is 23.9. The lowest BCUT2D eigenvalue weighted by Gasteiger charge is -2.46. The van der Waals surface area contributed by atoms with Gasteiger partial charge in [0.25, 0.3) is 0 Å². The van der Waals surface area contributed by atoms with Gasteiger partial charge < -0.3 is 24.6 Å². The van der Waals surface area contributed by atoms with Crippen LogP contribution in [0.1, 0.15) is 71.0 Å². The van der Waals surface area contributed by atoms with E-state index in [9.17, 15) is 9.59 Å². The largest absolute Gasteiger partial charge is 0.481 e. The maximum atomic E-state index is 13.0. The summed E-state index contributed by atoms with van der Waals surface area (Å²) >= 11 is 0. The van der Waals surface area contributed by atoms with Crippen LogP contribution in [0.4, 0.5) is 16.3 Å². The van der Waals surface area contributed by atoms with Crippen molar-refractivity contribution in [1.82, 2.24) is 9.88 Å². The summed E-state index contributed by atoms with van der Waals surface area (Å²) in [5.74, 6) is 2.08.